The van der Waals surface area contributed by atoms with Crippen LogP contribution in [0.4, 0.5) is 0 Å². The highest BCUT2D eigenvalue weighted by Crippen LogP contribution is 2.21. The SMILES string of the molecule is CCCc1cc(Cl)c(B(O)OB(O)c2c(Cl)cc(CCC)cc2Cl)c(Cl)c1. The predicted molar refractivity (Wildman–Crippen MR) is 117 cm³/mol. The van der Waals surface area contributed by atoms with Crippen molar-refractivity contribution in [2.75, 3.05) is 0 Å². The molecule has 3 nitrogen and oxygen atoms in total. The van der Waals surface area contributed by atoms with E-state index in [-0.39, 0.29) is 31.0 Å². The number of aryl methyl sites for hydroxylation is 2. The highest BCUT2D eigenvalue weighted by molar-refractivity contribution is 6.78. The second-order valence-corrected chi connectivity index (χ2v) is 7.92. The molecule has 0 heterocycles. The molecule has 2 aromatic rings. The van der Waals surface area contributed by atoms with E-state index >= 15 is 0 Å². The van der Waals surface area contributed by atoms with Crippen LogP contribution < -0.4 is 10.9 Å². The summed E-state index contributed by atoms with van der Waals surface area (Å²) in [7, 11) is -3.09. The van der Waals surface area contributed by atoms with E-state index in [9.17, 15) is 10.0 Å². The summed E-state index contributed by atoms with van der Waals surface area (Å²) in [5.74, 6) is 0. The average Bonchev–Trinajstić information content (AvgIpc) is 2.53. The highest BCUT2D eigenvalue weighted by Gasteiger charge is 2.32. The van der Waals surface area contributed by atoms with Crippen LogP contribution in [0.15, 0.2) is 24.3 Å². The minimum Gasteiger partial charge on any atom is -0.443 e. The van der Waals surface area contributed by atoms with Crippen molar-refractivity contribution in [3.8, 4) is 0 Å². The van der Waals surface area contributed by atoms with Crippen molar-refractivity contribution in [2.45, 2.75) is 39.5 Å². The van der Waals surface area contributed by atoms with Crippen molar-refractivity contribution in [2.24, 2.45) is 0 Å². The third-order valence-electron chi connectivity index (χ3n) is 4.11. The molecule has 0 saturated heterocycles. The van der Waals surface area contributed by atoms with Crippen molar-refractivity contribution in [3.63, 3.8) is 0 Å². The summed E-state index contributed by atoms with van der Waals surface area (Å²) in [4.78, 5) is 0. The average molecular weight is 448 g/mol. The summed E-state index contributed by atoms with van der Waals surface area (Å²) in [6.07, 6.45) is 3.51. The maximum absolute atomic E-state index is 10.4. The van der Waals surface area contributed by atoms with Gasteiger partial charge in [0, 0.05) is 31.0 Å². The minimum absolute atomic E-state index is 0.187. The van der Waals surface area contributed by atoms with Crippen LogP contribution in [-0.2, 0) is 17.4 Å². The molecule has 0 saturated carbocycles. The standard InChI is InChI=1S/C18H20B2Cl4O3/c1-3-5-11-7-13(21)17(14(22)8-11)19(25)27-20(26)18-15(23)9-12(6-4-2)10-16(18)24/h7-10,25-26H,3-6H2,1-2H3. The molecule has 0 aromatic heterocycles. The Balaban J connectivity index is 2.25. The van der Waals surface area contributed by atoms with E-state index in [1.54, 1.807) is 24.3 Å². The lowest BCUT2D eigenvalue weighted by Gasteiger charge is -2.17. The molecule has 2 aromatic carbocycles. The lowest BCUT2D eigenvalue weighted by atomic mass is 9.70. The molecule has 0 radical (unpaired) electrons. The largest absolute Gasteiger partial charge is 0.480 e. The van der Waals surface area contributed by atoms with Gasteiger partial charge in [0.2, 0.25) is 0 Å². The molecule has 0 aliphatic rings. The van der Waals surface area contributed by atoms with Crippen LogP contribution in [0.25, 0.3) is 0 Å². The molecule has 0 aliphatic heterocycles. The lowest BCUT2D eigenvalue weighted by Crippen LogP contribution is -2.46. The molecule has 2 N–H and O–H groups in total. The Morgan fingerprint density at radius 2 is 1.00 bits per heavy atom. The van der Waals surface area contributed by atoms with Crippen LogP contribution in [0.1, 0.15) is 37.8 Å². The van der Waals surface area contributed by atoms with E-state index in [0.717, 1.165) is 36.8 Å². The molecule has 0 atom stereocenters. The molecule has 0 unspecified atom stereocenters. The topological polar surface area (TPSA) is 49.7 Å². The van der Waals surface area contributed by atoms with E-state index in [1.165, 1.54) is 0 Å². The Morgan fingerprint density at radius 1 is 0.704 bits per heavy atom. The van der Waals surface area contributed by atoms with Gasteiger partial charge in [-0.3, -0.25) is 0 Å². The summed E-state index contributed by atoms with van der Waals surface area (Å²) in [5, 5.41) is 21.9. The maximum atomic E-state index is 10.4. The predicted octanol–water partition coefficient (Wildman–Crippen LogP) is 4.30. The summed E-state index contributed by atoms with van der Waals surface area (Å²) in [6, 6.07) is 6.91. The van der Waals surface area contributed by atoms with Gasteiger partial charge >= 0.3 is 14.2 Å². The normalized spacial score (nSPS) is 11.0. The Morgan fingerprint density at radius 3 is 1.26 bits per heavy atom. The molecule has 144 valence electrons. The van der Waals surface area contributed by atoms with Crippen LogP contribution in [0, 0.1) is 0 Å². The zero-order valence-electron chi connectivity index (χ0n) is 15.1. The van der Waals surface area contributed by atoms with Crippen molar-refractivity contribution in [1.29, 1.82) is 0 Å². The molecule has 0 amide bonds. The quantitative estimate of drug-likeness (QED) is 0.593. The Labute approximate surface area is 180 Å². The maximum Gasteiger partial charge on any atom is 0.480 e. The number of hydrogen-bond acceptors (Lipinski definition) is 3. The van der Waals surface area contributed by atoms with Gasteiger partial charge < -0.3 is 14.6 Å². The molecule has 0 bridgehead atoms. The third kappa shape index (κ3) is 5.80. The first-order valence-electron chi connectivity index (χ1n) is 8.75. The van der Waals surface area contributed by atoms with E-state index in [0.29, 0.717) is 0 Å². The van der Waals surface area contributed by atoms with Gasteiger partial charge in [-0.25, -0.2) is 0 Å². The smallest absolute Gasteiger partial charge is 0.443 e. The first kappa shape index (κ1) is 22.9. The summed E-state index contributed by atoms with van der Waals surface area (Å²) < 4.78 is 5.32. The fraction of sp³-hybridized carbons (Fsp3) is 0.333. The third-order valence-corrected chi connectivity index (χ3v) is 5.36. The number of rotatable bonds is 8. The van der Waals surface area contributed by atoms with Gasteiger partial charge in [-0.1, -0.05) is 73.1 Å². The van der Waals surface area contributed by atoms with Crippen molar-refractivity contribution < 1.29 is 14.6 Å². The summed E-state index contributed by atoms with van der Waals surface area (Å²) >= 11 is 25.0. The molecule has 27 heavy (non-hydrogen) atoms. The van der Waals surface area contributed by atoms with E-state index in [2.05, 4.69) is 0 Å². The minimum atomic E-state index is -1.54. The fourth-order valence-corrected chi connectivity index (χ4v) is 4.31. The van der Waals surface area contributed by atoms with E-state index in [1.807, 2.05) is 13.8 Å². The van der Waals surface area contributed by atoms with Gasteiger partial charge in [0.1, 0.15) is 0 Å². The van der Waals surface area contributed by atoms with Gasteiger partial charge in [0.25, 0.3) is 0 Å². The molecule has 0 aliphatic carbocycles. The number of benzene rings is 2. The van der Waals surface area contributed by atoms with Gasteiger partial charge in [0.15, 0.2) is 0 Å². The molecule has 9 heteroatoms. The molecule has 0 spiro atoms. The van der Waals surface area contributed by atoms with Gasteiger partial charge in [-0.2, -0.15) is 0 Å². The van der Waals surface area contributed by atoms with Crippen molar-refractivity contribution >= 4 is 71.6 Å². The van der Waals surface area contributed by atoms with Crippen LogP contribution in [0.3, 0.4) is 0 Å². The monoisotopic (exact) mass is 446 g/mol. The number of hydrogen-bond donors (Lipinski definition) is 2. The fourth-order valence-electron chi connectivity index (χ4n) is 2.87. The van der Waals surface area contributed by atoms with Crippen LogP contribution in [0.5, 0.6) is 0 Å². The second kappa shape index (κ2) is 10.4. The van der Waals surface area contributed by atoms with Crippen LogP contribution in [-0.4, -0.2) is 24.3 Å². The molecular formula is C18H20B2Cl4O3. The van der Waals surface area contributed by atoms with E-state index in [4.69, 9.17) is 51.0 Å². The molecule has 0 fully saturated rings. The lowest BCUT2D eigenvalue weighted by molar-refractivity contribution is 0.379. The van der Waals surface area contributed by atoms with Gasteiger partial charge in [-0.15, -0.1) is 0 Å². The van der Waals surface area contributed by atoms with Crippen molar-refractivity contribution in [1.82, 2.24) is 0 Å². The van der Waals surface area contributed by atoms with E-state index < -0.39 is 14.2 Å². The molecule has 2 rings (SSSR count). The summed E-state index contributed by atoms with van der Waals surface area (Å²) in [5.41, 5.74) is 2.29. The van der Waals surface area contributed by atoms with Gasteiger partial charge in [-0.05, 0) is 48.2 Å². The first-order chi connectivity index (χ1) is 12.8. The summed E-state index contributed by atoms with van der Waals surface area (Å²) in [6.45, 7) is 4.09. The van der Waals surface area contributed by atoms with Gasteiger partial charge in [0.05, 0.1) is 0 Å². The van der Waals surface area contributed by atoms with Crippen LogP contribution in [0.2, 0.25) is 20.1 Å². The Kier molecular flexibility index (Phi) is 8.82. The Hall–Kier alpha value is -0.390. The van der Waals surface area contributed by atoms with Crippen LogP contribution >= 0.6 is 46.4 Å². The first-order valence-corrected chi connectivity index (χ1v) is 10.3. The zero-order valence-corrected chi connectivity index (χ0v) is 18.1. The second-order valence-electron chi connectivity index (χ2n) is 6.29. The number of halogens is 4. The molecular weight excluding hydrogens is 428 g/mol. The van der Waals surface area contributed by atoms with Crippen molar-refractivity contribution in [3.05, 3.63) is 55.5 Å². The highest BCUT2D eigenvalue weighted by atomic mass is 35.5. The Bertz CT molecular complexity index is 693. The zero-order chi connectivity index (χ0) is 20.1.